The Morgan fingerprint density at radius 3 is 2.68 bits per heavy atom. The van der Waals surface area contributed by atoms with Crippen molar-refractivity contribution in [1.82, 2.24) is 24.9 Å². The van der Waals surface area contributed by atoms with Gasteiger partial charge in [0.1, 0.15) is 5.52 Å². The lowest BCUT2D eigenvalue weighted by Gasteiger charge is -2.09. The number of rotatable bonds is 5. The zero-order valence-electron chi connectivity index (χ0n) is 13.6. The van der Waals surface area contributed by atoms with E-state index in [0.717, 1.165) is 11.1 Å². The molecule has 0 unspecified atom stereocenters. The number of nitrogens with zero attached hydrogens (tertiary/aromatic N) is 4. The van der Waals surface area contributed by atoms with Crippen molar-refractivity contribution in [3.05, 3.63) is 60.6 Å². The summed E-state index contributed by atoms with van der Waals surface area (Å²) in [7, 11) is 1.58. The molecular weight excluding hydrogens is 316 g/mol. The van der Waals surface area contributed by atoms with Crippen LogP contribution in [0.1, 0.15) is 5.56 Å². The molecular formula is C18H16N6O. The molecule has 0 radical (unpaired) electrons. The van der Waals surface area contributed by atoms with Crippen LogP contribution in [0.15, 0.2) is 55.0 Å². The van der Waals surface area contributed by atoms with Gasteiger partial charge in [0, 0.05) is 24.4 Å². The molecule has 2 N–H and O–H groups in total. The summed E-state index contributed by atoms with van der Waals surface area (Å²) in [6, 6.07) is 13.8. The van der Waals surface area contributed by atoms with Crippen LogP contribution in [0.3, 0.4) is 0 Å². The minimum absolute atomic E-state index is 0.548. The summed E-state index contributed by atoms with van der Waals surface area (Å²) in [5, 5.41) is 3.36. The number of fused-ring (bicyclic) bond motifs is 1. The lowest BCUT2D eigenvalue weighted by atomic mass is 10.2. The molecule has 0 aliphatic heterocycles. The predicted molar refractivity (Wildman–Crippen MR) is 95.2 cm³/mol. The van der Waals surface area contributed by atoms with Gasteiger partial charge in [-0.1, -0.05) is 30.3 Å². The first-order valence-corrected chi connectivity index (χ1v) is 7.83. The highest BCUT2D eigenvalue weighted by Gasteiger charge is 2.12. The first kappa shape index (κ1) is 15.1. The highest BCUT2D eigenvalue weighted by Crippen LogP contribution is 2.23. The molecule has 4 rings (SSSR count). The molecule has 4 aromatic rings. The van der Waals surface area contributed by atoms with E-state index in [1.165, 1.54) is 5.56 Å². The van der Waals surface area contributed by atoms with Gasteiger partial charge in [-0.05, 0) is 11.6 Å². The summed E-state index contributed by atoms with van der Waals surface area (Å²) >= 11 is 0. The SMILES string of the molecule is COc1ccc(-c2nc(NCc3ccccc3)c3[nH]cnc3n2)cn1. The number of benzene rings is 1. The number of H-pyrrole nitrogens is 1. The van der Waals surface area contributed by atoms with Gasteiger partial charge in [0.15, 0.2) is 17.3 Å². The van der Waals surface area contributed by atoms with E-state index in [-0.39, 0.29) is 0 Å². The quantitative estimate of drug-likeness (QED) is 0.584. The summed E-state index contributed by atoms with van der Waals surface area (Å²) in [6.07, 6.45) is 3.30. The predicted octanol–water partition coefficient (Wildman–Crippen LogP) is 3.04. The third kappa shape index (κ3) is 3.12. The van der Waals surface area contributed by atoms with Crippen molar-refractivity contribution in [3.8, 4) is 17.3 Å². The number of hydrogen-bond donors (Lipinski definition) is 2. The number of imidazole rings is 1. The van der Waals surface area contributed by atoms with Crippen LogP contribution in [-0.4, -0.2) is 32.0 Å². The highest BCUT2D eigenvalue weighted by molar-refractivity contribution is 5.84. The van der Waals surface area contributed by atoms with Crippen LogP contribution in [0, 0.1) is 0 Å². The van der Waals surface area contributed by atoms with E-state index in [2.05, 4.69) is 42.4 Å². The molecule has 0 aliphatic rings. The van der Waals surface area contributed by atoms with Gasteiger partial charge in [-0.25, -0.2) is 19.9 Å². The summed E-state index contributed by atoms with van der Waals surface area (Å²) in [4.78, 5) is 20.7. The summed E-state index contributed by atoms with van der Waals surface area (Å²) in [5.74, 6) is 1.81. The molecule has 0 bridgehead atoms. The van der Waals surface area contributed by atoms with Crippen molar-refractivity contribution in [2.75, 3.05) is 12.4 Å². The number of anilines is 1. The maximum atomic E-state index is 5.09. The van der Waals surface area contributed by atoms with E-state index in [0.29, 0.717) is 29.7 Å². The smallest absolute Gasteiger partial charge is 0.212 e. The normalized spacial score (nSPS) is 10.8. The molecule has 7 heteroatoms. The molecule has 25 heavy (non-hydrogen) atoms. The van der Waals surface area contributed by atoms with Crippen molar-refractivity contribution in [2.24, 2.45) is 0 Å². The van der Waals surface area contributed by atoms with Gasteiger partial charge in [0.2, 0.25) is 5.88 Å². The standard InChI is InChI=1S/C18H16N6O/c1-25-14-8-7-13(10-19-14)16-23-17(15-18(24-16)22-11-21-15)20-9-12-5-3-2-4-6-12/h2-8,10-11H,9H2,1H3,(H2,20,21,22,23,24). The van der Waals surface area contributed by atoms with Crippen molar-refractivity contribution < 1.29 is 4.74 Å². The molecule has 0 saturated carbocycles. The topological polar surface area (TPSA) is 88.6 Å². The molecule has 1 aromatic carbocycles. The largest absolute Gasteiger partial charge is 0.481 e. The van der Waals surface area contributed by atoms with Crippen molar-refractivity contribution in [3.63, 3.8) is 0 Å². The van der Waals surface area contributed by atoms with Gasteiger partial charge in [0.25, 0.3) is 0 Å². The second-order valence-corrected chi connectivity index (χ2v) is 5.43. The van der Waals surface area contributed by atoms with Crippen molar-refractivity contribution in [2.45, 2.75) is 6.54 Å². The van der Waals surface area contributed by atoms with E-state index in [9.17, 15) is 0 Å². The first-order chi connectivity index (χ1) is 12.3. The second kappa shape index (κ2) is 6.56. The van der Waals surface area contributed by atoms with E-state index in [4.69, 9.17) is 4.74 Å². The van der Waals surface area contributed by atoms with Gasteiger partial charge >= 0.3 is 0 Å². The Labute approximate surface area is 144 Å². The number of hydrogen-bond acceptors (Lipinski definition) is 6. The third-order valence-electron chi connectivity index (χ3n) is 3.79. The summed E-state index contributed by atoms with van der Waals surface area (Å²) in [6.45, 7) is 0.659. The van der Waals surface area contributed by atoms with Crippen LogP contribution in [0.25, 0.3) is 22.6 Å². The Morgan fingerprint density at radius 2 is 1.92 bits per heavy atom. The lowest BCUT2D eigenvalue weighted by Crippen LogP contribution is -2.04. The molecule has 0 fully saturated rings. The molecule has 3 heterocycles. The second-order valence-electron chi connectivity index (χ2n) is 5.43. The Morgan fingerprint density at radius 1 is 1.04 bits per heavy atom. The first-order valence-electron chi connectivity index (χ1n) is 7.83. The molecule has 0 atom stereocenters. The van der Waals surface area contributed by atoms with Crippen LogP contribution < -0.4 is 10.1 Å². The van der Waals surface area contributed by atoms with E-state index in [1.807, 2.05) is 24.3 Å². The average Bonchev–Trinajstić information content (AvgIpc) is 3.16. The zero-order valence-corrected chi connectivity index (χ0v) is 13.6. The molecule has 124 valence electrons. The zero-order chi connectivity index (χ0) is 17.1. The van der Waals surface area contributed by atoms with Crippen LogP contribution in [0.4, 0.5) is 5.82 Å². The van der Waals surface area contributed by atoms with Gasteiger partial charge in [-0.3, -0.25) is 0 Å². The Balaban J connectivity index is 1.69. The van der Waals surface area contributed by atoms with Crippen molar-refractivity contribution in [1.29, 1.82) is 0 Å². The van der Waals surface area contributed by atoms with Gasteiger partial charge in [-0.15, -0.1) is 0 Å². The highest BCUT2D eigenvalue weighted by atomic mass is 16.5. The fourth-order valence-corrected chi connectivity index (χ4v) is 2.51. The number of ether oxygens (including phenoxy) is 1. The monoisotopic (exact) mass is 332 g/mol. The van der Waals surface area contributed by atoms with Gasteiger partial charge in [0.05, 0.1) is 13.4 Å². The Bertz CT molecular complexity index is 982. The Hall–Kier alpha value is -3.48. The summed E-state index contributed by atoms with van der Waals surface area (Å²) in [5.41, 5.74) is 3.35. The molecule has 0 aliphatic carbocycles. The van der Waals surface area contributed by atoms with Gasteiger partial charge < -0.3 is 15.0 Å². The van der Waals surface area contributed by atoms with Gasteiger partial charge in [-0.2, -0.15) is 0 Å². The van der Waals surface area contributed by atoms with Crippen LogP contribution in [0.2, 0.25) is 0 Å². The minimum atomic E-state index is 0.548. The molecule has 0 saturated heterocycles. The summed E-state index contributed by atoms with van der Waals surface area (Å²) < 4.78 is 5.09. The van der Waals surface area contributed by atoms with Crippen molar-refractivity contribution >= 4 is 17.0 Å². The fraction of sp³-hybridized carbons (Fsp3) is 0.111. The molecule has 3 aromatic heterocycles. The number of aromatic amines is 1. The van der Waals surface area contributed by atoms with E-state index < -0.39 is 0 Å². The number of methoxy groups -OCH3 is 1. The third-order valence-corrected chi connectivity index (χ3v) is 3.79. The number of pyridine rings is 1. The van der Waals surface area contributed by atoms with E-state index >= 15 is 0 Å². The molecule has 7 nitrogen and oxygen atoms in total. The molecule has 0 spiro atoms. The van der Waals surface area contributed by atoms with Crippen LogP contribution in [0.5, 0.6) is 5.88 Å². The van der Waals surface area contributed by atoms with Crippen LogP contribution >= 0.6 is 0 Å². The number of nitrogens with one attached hydrogen (secondary N) is 2. The lowest BCUT2D eigenvalue weighted by molar-refractivity contribution is 0.398. The minimum Gasteiger partial charge on any atom is -0.481 e. The fourth-order valence-electron chi connectivity index (χ4n) is 2.51. The molecule has 0 amide bonds. The van der Waals surface area contributed by atoms with E-state index in [1.54, 1.807) is 25.7 Å². The maximum Gasteiger partial charge on any atom is 0.212 e. The average molecular weight is 332 g/mol. The van der Waals surface area contributed by atoms with Crippen LogP contribution in [-0.2, 0) is 6.54 Å². The number of aromatic nitrogens is 5. The maximum absolute atomic E-state index is 5.09. The Kier molecular flexibility index (Phi) is 3.96.